The second-order valence-electron chi connectivity index (χ2n) is 4.44. The van der Waals surface area contributed by atoms with Crippen molar-refractivity contribution in [1.29, 1.82) is 0 Å². The quantitative estimate of drug-likeness (QED) is 0.871. The van der Waals surface area contributed by atoms with E-state index in [2.05, 4.69) is 0 Å². The van der Waals surface area contributed by atoms with Gasteiger partial charge in [0.2, 0.25) is 5.43 Å². The van der Waals surface area contributed by atoms with E-state index in [4.69, 9.17) is 9.52 Å². The number of aliphatic hydroxyl groups is 1. The predicted molar refractivity (Wildman–Crippen MR) is 75.7 cm³/mol. The second-order valence-corrected chi connectivity index (χ2v) is 4.44. The summed E-state index contributed by atoms with van der Waals surface area (Å²) in [6, 6.07) is 8.83. The largest absolute Gasteiger partial charge is 0.502 e. The van der Waals surface area contributed by atoms with Gasteiger partial charge >= 0.3 is 0 Å². The lowest BCUT2D eigenvalue weighted by molar-refractivity contribution is 0.282. The van der Waals surface area contributed by atoms with E-state index in [1.54, 1.807) is 0 Å². The molecule has 2 N–H and O–H groups in total. The minimum Gasteiger partial charge on any atom is -0.502 e. The highest BCUT2D eigenvalue weighted by Gasteiger charge is 2.09. The van der Waals surface area contributed by atoms with Gasteiger partial charge in [-0.15, -0.1) is 0 Å². The first-order valence-corrected chi connectivity index (χ1v) is 6.39. The van der Waals surface area contributed by atoms with E-state index in [-0.39, 0.29) is 12.4 Å². The number of hydrogen-bond donors (Lipinski definition) is 2. The number of hydrogen-bond acceptors (Lipinski definition) is 5. The molecule has 0 atom stereocenters. The number of aromatic hydroxyl groups is 1. The molecule has 1 heterocycles. The van der Waals surface area contributed by atoms with Crippen LogP contribution < -0.4 is 10.3 Å². The molecule has 5 nitrogen and oxygen atoms in total. The van der Waals surface area contributed by atoms with Crippen molar-refractivity contribution in [3.8, 4) is 5.75 Å². The van der Waals surface area contributed by atoms with Gasteiger partial charge < -0.3 is 19.5 Å². The van der Waals surface area contributed by atoms with Crippen LogP contribution in [-0.4, -0.2) is 16.8 Å². The average Bonchev–Trinajstić information content (AvgIpc) is 2.48. The molecule has 106 valence electrons. The van der Waals surface area contributed by atoms with Crippen LogP contribution in [0.4, 0.5) is 5.69 Å². The molecular weight excluding hydrogens is 258 g/mol. The van der Waals surface area contributed by atoms with Gasteiger partial charge in [0.05, 0.1) is 13.2 Å². The molecular formula is C15H17NO4. The van der Waals surface area contributed by atoms with Crippen molar-refractivity contribution >= 4 is 5.69 Å². The van der Waals surface area contributed by atoms with Crippen LogP contribution in [0.15, 0.2) is 45.8 Å². The number of benzene rings is 1. The Morgan fingerprint density at radius 2 is 2.10 bits per heavy atom. The molecule has 0 saturated heterocycles. The van der Waals surface area contributed by atoms with Crippen molar-refractivity contribution in [1.82, 2.24) is 0 Å². The van der Waals surface area contributed by atoms with Crippen molar-refractivity contribution in [2.24, 2.45) is 0 Å². The number of aliphatic hydroxyl groups excluding tert-OH is 1. The zero-order chi connectivity index (χ0) is 14.5. The number of rotatable bonds is 5. The van der Waals surface area contributed by atoms with Gasteiger partial charge in [-0.05, 0) is 24.6 Å². The zero-order valence-corrected chi connectivity index (χ0v) is 11.2. The van der Waals surface area contributed by atoms with E-state index >= 15 is 0 Å². The molecule has 0 aliphatic heterocycles. The lowest BCUT2D eigenvalue weighted by Crippen LogP contribution is -2.22. The van der Waals surface area contributed by atoms with Crippen LogP contribution in [-0.2, 0) is 13.2 Å². The van der Waals surface area contributed by atoms with Crippen LogP contribution in [0.25, 0.3) is 0 Å². The third-order valence-electron chi connectivity index (χ3n) is 3.05. The zero-order valence-electron chi connectivity index (χ0n) is 11.2. The third-order valence-corrected chi connectivity index (χ3v) is 3.05. The van der Waals surface area contributed by atoms with Crippen molar-refractivity contribution in [2.45, 2.75) is 20.1 Å². The van der Waals surface area contributed by atoms with Gasteiger partial charge in [0.1, 0.15) is 12.0 Å². The number of nitrogens with zero attached hydrogens (tertiary/aromatic N) is 1. The lowest BCUT2D eigenvalue weighted by atomic mass is 10.2. The monoisotopic (exact) mass is 275 g/mol. The van der Waals surface area contributed by atoms with Crippen molar-refractivity contribution in [3.63, 3.8) is 0 Å². The Bertz CT molecular complexity index is 636. The highest BCUT2D eigenvalue weighted by Crippen LogP contribution is 2.19. The summed E-state index contributed by atoms with van der Waals surface area (Å²) in [5, 5.41) is 18.3. The van der Waals surface area contributed by atoms with Gasteiger partial charge in [0.15, 0.2) is 5.75 Å². The molecule has 20 heavy (non-hydrogen) atoms. The minimum absolute atomic E-state index is 0.0142. The molecule has 2 rings (SSSR count). The summed E-state index contributed by atoms with van der Waals surface area (Å²) in [5.41, 5.74) is 1.31. The SMILES string of the molecule is CCN(Cc1cc(=O)c(O)co1)c1cccc(CO)c1. The Labute approximate surface area is 116 Å². The topological polar surface area (TPSA) is 73.9 Å². The maximum absolute atomic E-state index is 11.4. The second kappa shape index (κ2) is 6.25. The summed E-state index contributed by atoms with van der Waals surface area (Å²) in [6.07, 6.45) is 1.05. The van der Waals surface area contributed by atoms with Gasteiger partial charge in [-0.2, -0.15) is 0 Å². The molecule has 0 saturated carbocycles. The molecule has 0 bridgehead atoms. The Balaban J connectivity index is 2.23. The van der Waals surface area contributed by atoms with Gasteiger partial charge in [-0.1, -0.05) is 12.1 Å². The normalized spacial score (nSPS) is 10.5. The Morgan fingerprint density at radius 1 is 1.30 bits per heavy atom. The van der Waals surface area contributed by atoms with Crippen molar-refractivity contribution in [2.75, 3.05) is 11.4 Å². The Kier molecular flexibility index (Phi) is 4.42. The van der Waals surface area contributed by atoms with Crippen LogP contribution in [0.5, 0.6) is 5.75 Å². The first-order valence-electron chi connectivity index (χ1n) is 6.39. The van der Waals surface area contributed by atoms with Gasteiger partial charge in [0, 0.05) is 18.3 Å². The maximum atomic E-state index is 11.4. The fourth-order valence-electron chi connectivity index (χ4n) is 1.95. The van der Waals surface area contributed by atoms with Crippen molar-refractivity contribution < 1.29 is 14.6 Å². The van der Waals surface area contributed by atoms with Gasteiger partial charge in [-0.25, -0.2) is 0 Å². The summed E-state index contributed by atoms with van der Waals surface area (Å²) in [4.78, 5) is 13.4. The summed E-state index contributed by atoms with van der Waals surface area (Å²) < 4.78 is 5.21. The smallest absolute Gasteiger partial charge is 0.226 e. The van der Waals surface area contributed by atoms with Crippen LogP contribution in [0.1, 0.15) is 18.2 Å². The molecule has 1 aromatic heterocycles. The first kappa shape index (κ1) is 14.1. The molecule has 0 spiro atoms. The predicted octanol–water partition coefficient (Wildman–Crippen LogP) is 1.86. The van der Waals surface area contributed by atoms with E-state index in [1.807, 2.05) is 36.1 Å². The molecule has 5 heteroatoms. The maximum Gasteiger partial charge on any atom is 0.226 e. The summed E-state index contributed by atoms with van der Waals surface area (Å²) in [5.74, 6) is 0.0862. The lowest BCUT2D eigenvalue weighted by Gasteiger charge is -2.22. The highest BCUT2D eigenvalue weighted by atomic mass is 16.4. The van der Waals surface area contributed by atoms with E-state index in [0.717, 1.165) is 24.1 Å². The van der Waals surface area contributed by atoms with E-state index in [1.165, 1.54) is 6.07 Å². The fraction of sp³-hybridized carbons (Fsp3) is 0.267. The molecule has 1 aromatic carbocycles. The summed E-state index contributed by atoms with van der Waals surface area (Å²) in [7, 11) is 0. The summed E-state index contributed by atoms with van der Waals surface area (Å²) >= 11 is 0. The molecule has 0 aliphatic carbocycles. The van der Waals surface area contributed by atoms with Gasteiger partial charge in [-0.3, -0.25) is 4.79 Å². The molecule has 0 amide bonds. The minimum atomic E-state index is -0.452. The molecule has 0 fully saturated rings. The van der Waals surface area contributed by atoms with Gasteiger partial charge in [0.25, 0.3) is 0 Å². The molecule has 0 unspecified atom stereocenters. The highest BCUT2D eigenvalue weighted by molar-refractivity contribution is 5.48. The van der Waals surface area contributed by atoms with E-state index < -0.39 is 5.43 Å². The number of anilines is 1. The Hall–Kier alpha value is -2.27. The molecule has 2 aromatic rings. The molecule has 0 aliphatic rings. The van der Waals surface area contributed by atoms with Crippen LogP contribution in [0, 0.1) is 0 Å². The Morgan fingerprint density at radius 3 is 2.75 bits per heavy atom. The van der Waals surface area contributed by atoms with Crippen molar-refractivity contribution in [3.05, 3.63) is 58.1 Å². The average molecular weight is 275 g/mol. The van der Waals surface area contributed by atoms with E-state index in [0.29, 0.717) is 12.3 Å². The van der Waals surface area contributed by atoms with Crippen LogP contribution in [0.2, 0.25) is 0 Å². The first-order chi connectivity index (χ1) is 9.63. The third kappa shape index (κ3) is 3.19. The van der Waals surface area contributed by atoms with Crippen LogP contribution in [0.3, 0.4) is 0 Å². The fourth-order valence-corrected chi connectivity index (χ4v) is 1.95. The molecule has 0 radical (unpaired) electrons. The van der Waals surface area contributed by atoms with Crippen LogP contribution >= 0.6 is 0 Å². The summed E-state index contributed by atoms with van der Waals surface area (Å²) in [6.45, 7) is 3.12. The standard InChI is InChI=1S/C15H17NO4/c1-2-16(12-5-3-4-11(6-12)9-17)8-13-7-14(18)15(19)10-20-13/h3-7,10,17,19H,2,8-9H2,1H3. The van der Waals surface area contributed by atoms with E-state index in [9.17, 15) is 9.90 Å².